The van der Waals surface area contributed by atoms with Crippen LogP contribution in [0.5, 0.6) is 0 Å². The highest BCUT2D eigenvalue weighted by molar-refractivity contribution is 6.21. The van der Waals surface area contributed by atoms with E-state index >= 15 is 0 Å². The van der Waals surface area contributed by atoms with Crippen LogP contribution in [0.1, 0.15) is 17.8 Å². The summed E-state index contributed by atoms with van der Waals surface area (Å²) in [6, 6.07) is 16.9. The van der Waals surface area contributed by atoms with E-state index in [1.54, 1.807) is 24.3 Å². The molecular formula is C20H18N4O2. The van der Waals surface area contributed by atoms with E-state index in [1.165, 1.54) is 0 Å². The molecule has 2 aromatic carbocycles. The summed E-state index contributed by atoms with van der Waals surface area (Å²) in [5.74, 6) is 0.475. The molecule has 0 amide bonds. The highest BCUT2D eigenvalue weighted by atomic mass is 16.3. The van der Waals surface area contributed by atoms with Crippen LogP contribution >= 0.6 is 0 Å². The number of aliphatic hydroxyl groups excluding tert-OH is 1. The fourth-order valence-electron chi connectivity index (χ4n) is 3.19. The molecule has 6 nitrogen and oxygen atoms in total. The molecule has 0 saturated heterocycles. The number of nitrogens with one attached hydrogen (secondary N) is 2. The molecule has 0 atom stereocenters. The molecule has 1 aliphatic heterocycles. The predicted molar refractivity (Wildman–Crippen MR) is 101 cm³/mol. The molecule has 1 aliphatic rings. The first kappa shape index (κ1) is 16.1. The van der Waals surface area contributed by atoms with Gasteiger partial charge in [0.25, 0.3) is 5.56 Å². The summed E-state index contributed by atoms with van der Waals surface area (Å²) in [6.45, 7) is 1.11. The van der Waals surface area contributed by atoms with E-state index in [4.69, 9.17) is 5.41 Å². The maximum atomic E-state index is 12.3. The van der Waals surface area contributed by atoms with Crippen LogP contribution in [0, 0.1) is 5.41 Å². The molecule has 0 bridgehead atoms. The van der Waals surface area contributed by atoms with Crippen LogP contribution in [0.15, 0.2) is 65.2 Å². The van der Waals surface area contributed by atoms with E-state index in [0.717, 1.165) is 5.56 Å². The lowest BCUT2D eigenvalue weighted by molar-refractivity contribution is 0.333. The Morgan fingerprint density at radius 1 is 1.12 bits per heavy atom. The lowest BCUT2D eigenvalue weighted by Crippen LogP contribution is -2.36. The minimum atomic E-state index is -0.279. The largest absolute Gasteiger partial charge is 0.511 e. The van der Waals surface area contributed by atoms with Gasteiger partial charge in [-0.05, 0) is 17.7 Å². The van der Waals surface area contributed by atoms with Crippen molar-refractivity contribution in [3.63, 3.8) is 0 Å². The fourth-order valence-corrected chi connectivity index (χ4v) is 3.19. The van der Waals surface area contributed by atoms with Crippen molar-refractivity contribution in [3.05, 3.63) is 82.1 Å². The van der Waals surface area contributed by atoms with E-state index in [-0.39, 0.29) is 28.6 Å². The van der Waals surface area contributed by atoms with E-state index in [9.17, 15) is 9.90 Å². The van der Waals surface area contributed by atoms with Crippen molar-refractivity contribution in [2.75, 3.05) is 6.54 Å². The van der Waals surface area contributed by atoms with Gasteiger partial charge in [0.15, 0.2) is 0 Å². The third-order valence-corrected chi connectivity index (χ3v) is 4.53. The van der Waals surface area contributed by atoms with Gasteiger partial charge in [0.2, 0.25) is 0 Å². The highest BCUT2D eigenvalue weighted by Crippen LogP contribution is 2.26. The maximum absolute atomic E-state index is 12.3. The number of benzene rings is 2. The number of H-pyrrole nitrogens is 1. The van der Waals surface area contributed by atoms with Crippen LogP contribution < -0.4 is 5.56 Å². The molecule has 0 unspecified atom stereocenters. The third-order valence-electron chi connectivity index (χ3n) is 4.53. The first-order valence-corrected chi connectivity index (χ1v) is 8.43. The zero-order chi connectivity index (χ0) is 18.1. The molecule has 130 valence electrons. The van der Waals surface area contributed by atoms with Crippen molar-refractivity contribution >= 4 is 22.3 Å². The summed E-state index contributed by atoms with van der Waals surface area (Å²) < 4.78 is 0. The van der Waals surface area contributed by atoms with Crippen LogP contribution in [0.3, 0.4) is 0 Å². The second kappa shape index (κ2) is 6.48. The molecule has 0 spiro atoms. The lowest BCUT2D eigenvalue weighted by atomic mass is 10.0. The fraction of sp³-hybridized carbons (Fsp3) is 0.150. The monoisotopic (exact) mass is 346 g/mol. The van der Waals surface area contributed by atoms with Crippen molar-refractivity contribution in [3.8, 4) is 0 Å². The van der Waals surface area contributed by atoms with Crippen molar-refractivity contribution in [1.82, 2.24) is 14.9 Å². The molecule has 4 rings (SSSR count). The van der Waals surface area contributed by atoms with Gasteiger partial charge in [-0.15, -0.1) is 0 Å². The van der Waals surface area contributed by atoms with E-state index in [2.05, 4.69) is 9.97 Å². The van der Waals surface area contributed by atoms with Crippen molar-refractivity contribution < 1.29 is 5.11 Å². The minimum Gasteiger partial charge on any atom is -0.511 e. The Bertz CT molecular complexity index is 1070. The number of aromatic amines is 1. The van der Waals surface area contributed by atoms with Crippen LogP contribution in [0.25, 0.3) is 16.5 Å². The third kappa shape index (κ3) is 2.86. The molecule has 0 saturated carbocycles. The number of fused-ring (bicyclic) bond motifs is 1. The van der Waals surface area contributed by atoms with Crippen LogP contribution in [0.2, 0.25) is 0 Å². The normalized spacial score (nSPS) is 14.9. The van der Waals surface area contributed by atoms with E-state index < -0.39 is 0 Å². The van der Waals surface area contributed by atoms with Gasteiger partial charge in [0, 0.05) is 19.5 Å². The van der Waals surface area contributed by atoms with Crippen LogP contribution in [-0.4, -0.2) is 32.4 Å². The second-order valence-electron chi connectivity index (χ2n) is 6.26. The number of para-hydroxylation sites is 1. The first-order valence-electron chi connectivity index (χ1n) is 8.43. The minimum absolute atomic E-state index is 0.0812. The Morgan fingerprint density at radius 2 is 1.85 bits per heavy atom. The number of hydrogen-bond acceptors (Lipinski definition) is 4. The maximum Gasteiger partial charge on any atom is 0.259 e. The molecule has 0 radical (unpaired) electrons. The zero-order valence-corrected chi connectivity index (χ0v) is 14.1. The second-order valence-corrected chi connectivity index (χ2v) is 6.26. The number of aliphatic hydroxyl groups is 1. The molecular weight excluding hydrogens is 328 g/mol. The molecule has 1 aromatic heterocycles. The molecule has 0 aliphatic carbocycles. The smallest absolute Gasteiger partial charge is 0.259 e. The zero-order valence-electron chi connectivity index (χ0n) is 14.1. The Kier molecular flexibility index (Phi) is 4.01. The van der Waals surface area contributed by atoms with Gasteiger partial charge in [0.05, 0.1) is 16.5 Å². The highest BCUT2D eigenvalue weighted by Gasteiger charge is 2.27. The standard InChI is InChI=1S/C20H18N4O2/c21-18-17(19-22-15-9-5-4-8-14(15)20(26)23-19)16(25)10-11-24(18)12-13-6-2-1-3-7-13/h1-9,21,25H,10-12H2,(H,22,23,26). The SMILES string of the molecule is N=C1C(c2nc3ccccc3c(=O)[nH]2)=C(O)CCN1Cc1ccccc1. The van der Waals surface area contributed by atoms with Gasteiger partial charge in [0.1, 0.15) is 17.4 Å². The Morgan fingerprint density at radius 3 is 2.65 bits per heavy atom. The predicted octanol–water partition coefficient (Wildman–Crippen LogP) is 3.08. The first-order chi connectivity index (χ1) is 12.6. The van der Waals surface area contributed by atoms with Crippen molar-refractivity contribution in [1.29, 1.82) is 5.41 Å². The Hall–Kier alpha value is -3.41. The average Bonchev–Trinajstić information content (AvgIpc) is 2.65. The molecule has 0 fully saturated rings. The summed E-state index contributed by atoms with van der Waals surface area (Å²) in [4.78, 5) is 21.4. The van der Waals surface area contributed by atoms with Gasteiger partial charge in [-0.1, -0.05) is 42.5 Å². The molecule has 3 N–H and O–H groups in total. The topological polar surface area (TPSA) is 93.1 Å². The number of amidine groups is 1. The van der Waals surface area contributed by atoms with E-state index in [0.29, 0.717) is 30.4 Å². The van der Waals surface area contributed by atoms with Gasteiger partial charge in [-0.2, -0.15) is 0 Å². The molecule has 3 aromatic rings. The van der Waals surface area contributed by atoms with Gasteiger partial charge < -0.3 is 15.0 Å². The summed E-state index contributed by atoms with van der Waals surface area (Å²) in [5.41, 5.74) is 1.63. The van der Waals surface area contributed by atoms with Crippen LogP contribution in [0.4, 0.5) is 0 Å². The summed E-state index contributed by atoms with van der Waals surface area (Å²) >= 11 is 0. The van der Waals surface area contributed by atoms with Crippen molar-refractivity contribution in [2.24, 2.45) is 0 Å². The summed E-state index contributed by atoms with van der Waals surface area (Å²) in [7, 11) is 0. The number of hydrogen-bond donors (Lipinski definition) is 3. The van der Waals surface area contributed by atoms with Gasteiger partial charge in [-0.25, -0.2) is 4.98 Å². The number of rotatable bonds is 3. The van der Waals surface area contributed by atoms with E-state index in [1.807, 2.05) is 35.2 Å². The Balaban J connectivity index is 1.73. The van der Waals surface area contributed by atoms with Crippen molar-refractivity contribution in [2.45, 2.75) is 13.0 Å². The average molecular weight is 346 g/mol. The quantitative estimate of drug-likeness (QED) is 0.679. The molecule has 26 heavy (non-hydrogen) atoms. The molecule has 2 heterocycles. The Labute approximate surface area is 150 Å². The summed E-state index contributed by atoms with van der Waals surface area (Å²) in [5, 5.41) is 19.4. The van der Waals surface area contributed by atoms with Crippen LogP contribution in [-0.2, 0) is 6.54 Å². The molecule has 6 heteroatoms. The van der Waals surface area contributed by atoms with Gasteiger partial charge >= 0.3 is 0 Å². The lowest BCUT2D eigenvalue weighted by Gasteiger charge is -2.30. The van der Waals surface area contributed by atoms with Gasteiger partial charge in [-0.3, -0.25) is 10.2 Å². The number of nitrogens with zero attached hydrogens (tertiary/aromatic N) is 2. The summed E-state index contributed by atoms with van der Waals surface area (Å²) in [6.07, 6.45) is 0.404. The number of aromatic nitrogens is 2.